The maximum absolute atomic E-state index is 13.4. The van der Waals surface area contributed by atoms with Crippen molar-refractivity contribution in [2.75, 3.05) is 33.6 Å². The number of ether oxygens (including phenoxy) is 2. The third-order valence-electron chi connectivity index (χ3n) is 10.1. The SMILES string of the molecule is CCCC(=O)OCOC1CCCn2c1nc(C)c(CCN1CCC(c3noc4ccccc34)CC1)c2=O.CCCCCCCCCCCC.CF. The van der Waals surface area contributed by atoms with Gasteiger partial charge in [-0.3, -0.25) is 18.5 Å². The van der Waals surface area contributed by atoms with Crippen LogP contribution in [0.2, 0.25) is 0 Å². The monoisotopic (exact) mass is 712 g/mol. The van der Waals surface area contributed by atoms with Crippen molar-refractivity contribution in [2.45, 2.75) is 155 Å². The molecule has 1 saturated heterocycles. The molecule has 0 bridgehead atoms. The van der Waals surface area contributed by atoms with Crippen LogP contribution in [0.5, 0.6) is 0 Å². The van der Waals surface area contributed by atoms with Gasteiger partial charge in [-0.15, -0.1) is 0 Å². The minimum Gasteiger partial charge on any atom is -0.438 e. The zero-order chi connectivity index (χ0) is 36.8. The lowest BCUT2D eigenvalue weighted by Gasteiger charge is -2.31. The van der Waals surface area contributed by atoms with Crippen molar-refractivity contribution in [3.05, 3.63) is 57.4 Å². The molecule has 1 aromatic carbocycles. The molecule has 4 heterocycles. The summed E-state index contributed by atoms with van der Waals surface area (Å²) in [6.07, 6.45) is 19.5. The summed E-state index contributed by atoms with van der Waals surface area (Å²) in [6.45, 7) is 11.7. The van der Waals surface area contributed by atoms with Gasteiger partial charge >= 0.3 is 5.97 Å². The number of likely N-dealkylation sites (tertiary alicyclic amines) is 1. The van der Waals surface area contributed by atoms with Gasteiger partial charge in [0.05, 0.1) is 12.9 Å². The number of unbranched alkanes of at least 4 members (excludes halogenated alkanes) is 9. The number of halogens is 1. The number of carbonyl (C=O) groups is 1. The number of aryl methyl sites for hydroxylation is 1. The number of fused-ring (bicyclic) bond motifs is 2. The minimum atomic E-state index is -0.338. The highest BCUT2D eigenvalue weighted by atomic mass is 19.1. The van der Waals surface area contributed by atoms with Gasteiger partial charge in [0.1, 0.15) is 11.9 Å². The predicted molar refractivity (Wildman–Crippen MR) is 203 cm³/mol. The van der Waals surface area contributed by atoms with Crippen LogP contribution in [0.25, 0.3) is 11.0 Å². The van der Waals surface area contributed by atoms with Crippen LogP contribution in [0, 0.1) is 6.92 Å². The molecule has 1 unspecified atom stereocenters. The number of piperidine rings is 1. The smallest absolute Gasteiger partial charge is 0.307 e. The Morgan fingerprint density at radius 1 is 0.902 bits per heavy atom. The number of hydrogen-bond acceptors (Lipinski definition) is 8. The second kappa shape index (κ2) is 24.2. The molecule has 0 radical (unpaired) electrons. The van der Waals surface area contributed by atoms with Gasteiger partial charge in [0.15, 0.2) is 12.4 Å². The van der Waals surface area contributed by atoms with Crippen LogP contribution in [-0.4, -0.2) is 59.2 Å². The van der Waals surface area contributed by atoms with E-state index in [4.69, 9.17) is 19.0 Å². The number of carbonyl (C=O) groups excluding carboxylic acids is 1. The van der Waals surface area contributed by atoms with Crippen LogP contribution in [-0.2, 0) is 27.2 Å². The fourth-order valence-electron chi connectivity index (χ4n) is 7.11. The number of para-hydroxylation sites is 1. The van der Waals surface area contributed by atoms with Crippen molar-refractivity contribution < 1.29 is 23.2 Å². The van der Waals surface area contributed by atoms with E-state index in [1.165, 1.54) is 64.2 Å². The van der Waals surface area contributed by atoms with Crippen LogP contribution in [0.15, 0.2) is 33.6 Å². The average Bonchev–Trinajstić information content (AvgIpc) is 3.59. The predicted octanol–water partition coefficient (Wildman–Crippen LogP) is 9.78. The highest BCUT2D eigenvalue weighted by molar-refractivity contribution is 5.79. The van der Waals surface area contributed by atoms with Gasteiger partial charge in [-0.2, -0.15) is 0 Å². The molecule has 286 valence electrons. The first-order chi connectivity index (χ1) is 25.0. The molecule has 0 N–H and O–H groups in total. The molecule has 2 aromatic heterocycles. The second-order valence-electron chi connectivity index (χ2n) is 13.9. The Balaban J connectivity index is 0.000000428. The van der Waals surface area contributed by atoms with Gasteiger partial charge < -0.3 is 18.9 Å². The maximum Gasteiger partial charge on any atom is 0.307 e. The lowest BCUT2D eigenvalue weighted by Crippen LogP contribution is -2.38. The number of nitrogens with zero attached hydrogens (tertiary/aromatic N) is 4. The van der Waals surface area contributed by atoms with E-state index in [9.17, 15) is 14.0 Å². The highest BCUT2D eigenvalue weighted by Crippen LogP contribution is 2.32. The highest BCUT2D eigenvalue weighted by Gasteiger charge is 2.28. The third kappa shape index (κ3) is 13.4. The van der Waals surface area contributed by atoms with Crippen molar-refractivity contribution in [3.63, 3.8) is 0 Å². The topological polar surface area (TPSA) is 99.7 Å². The molecule has 0 saturated carbocycles. The Bertz CT molecular complexity index is 1460. The summed E-state index contributed by atoms with van der Waals surface area (Å²) in [5.41, 5.74) is 3.49. The molecule has 3 aromatic rings. The molecule has 1 fully saturated rings. The average molecular weight is 713 g/mol. The Hall–Kier alpha value is -3.11. The summed E-state index contributed by atoms with van der Waals surface area (Å²) in [4.78, 5) is 32.2. The molecule has 2 aliphatic rings. The molecule has 51 heavy (non-hydrogen) atoms. The molecule has 1 atom stereocenters. The summed E-state index contributed by atoms with van der Waals surface area (Å²) in [6, 6.07) is 8.05. The van der Waals surface area contributed by atoms with E-state index in [1.807, 2.05) is 32.0 Å². The summed E-state index contributed by atoms with van der Waals surface area (Å²) < 4.78 is 27.7. The van der Waals surface area contributed by atoms with E-state index in [-0.39, 0.29) is 24.4 Å². The van der Waals surface area contributed by atoms with E-state index < -0.39 is 0 Å². The minimum absolute atomic E-state index is 0.0303. The van der Waals surface area contributed by atoms with E-state index in [1.54, 1.807) is 4.57 Å². The lowest BCUT2D eigenvalue weighted by atomic mass is 9.91. The fraction of sp³-hybridized carbons (Fsp3) is 0.707. The standard InChI is InChI=1S/C28H36N4O5.C12H26.CH3F/c1-3-7-25(33)36-18-35-24-10-6-14-32-27(24)29-19(2)21(28(32)34)13-17-31-15-11-20(12-16-31)26-22-8-4-5-9-23(22)37-30-26;1-3-5-7-9-11-12-10-8-6-4-2;1-2/h4-5,8-9,20,24H,3,6-7,10-18H2,1-2H3;3-12H2,1-2H3;1H3. The number of alkyl halides is 1. The van der Waals surface area contributed by atoms with Gasteiger partial charge in [0.2, 0.25) is 0 Å². The Kier molecular flexibility index (Phi) is 20.1. The molecule has 9 nitrogen and oxygen atoms in total. The van der Waals surface area contributed by atoms with Gasteiger partial charge in [-0.25, -0.2) is 4.98 Å². The van der Waals surface area contributed by atoms with Crippen molar-refractivity contribution in [2.24, 2.45) is 0 Å². The van der Waals surface area contributed by atoms with Crippen LogP contribution in [0.3, 0.4) is 0 Å². The molecule has 0 aliphatic carbocycles. The largest absolute Gasteiger partial charge is 0.438 e. The molecule has 5 rings (SSSR count). The van der Waals surface area contributed by atoms with Gasteiger partial charge in [0.25, 0.3) is 5.56 Å². The van der Waals surface area contributed by atoms with Crippen molar-refractivity contribution >= 4 is 16.9 Å². The molecule has 10 heteroatoms. The number of benzene rings is 1. The molecule has 2 aliphatic heterocycles. The first-order valence-electron chi connectivity index (χ1n) is 19.8. The van der Waals surface area contributed by atoms with Crippen LogP contribution >= 0.6 is 0 Å². The second-order valence-corrected chi connectivity index (χ2v) is 13.9. The zero-order valence-electron chi connectivity index (χ0n) is 32.2. The van der Waals surface area contributed by atoms with Gasteiger partial charge in [0, 0.05) is 42.1 Å². The summed E-state index contributed by atoms with van der Waals surface area (Å²) >= 11 is 0. The normalized spacial score (nSPS) is 16.2. The quantitative estimate of drug-likeness (QED) is 0.0730. The van der Waals surface area contributed by atoms with E-state index in [0.29, 0.717) is 38.3 Å². The molecule has 0 spiro atoms. The molecular weight excluding hydrogens is 647 g/mol. The summed E-state index contributed by atoms with van der Waals surface area (Å²) in [7, 11) is 0.500. The summed E-state index contributed by atoms with van der Waals surface area (Å²) in [5, 5.41) is 5.48. The van der Waals surface area contributed by atoms with Crippen molar-refractivity contribution in [3.8, 4) is 0 Å². The van der Waals surface area contributed by atoms with Crippen molar-refractivity contribution in [1.82, 2.24) is 19.6 Å². The number of aromatic nitrogens is 3. The Morgan fingerprint density at radius 3 is 2.20 bits per heavy atom. The van der Waals surface area contributed by atoms with Crippen LogP contribution < -0.4 is 5.56 Å². The van der Waals surface area contributed by atoms with Crippen LogP contribution in [0.4, 0.5) is 4.39 Å². The third-order valence-corrected chi connectivity index (χ3v) is 10.1. The first-order valence-corrected chi connectivity index (χ1v) is 19.8. The number of esters is 1. The number of hydrogen-bond donors (Lipinski definition) is 0. The zero-order valence-corrected chi connectivity index (χ0v) is 32.2. The Morgan fingerprint density at radius 2 is 1.55 bits per heavy atom. The van der Waals surface area contributed by atoms with Crippen molar-refractivity contribution in [1.29, 1.82) is 0 Å². The first kappa shape index (κ1) is 42.3. The maximum atomic E-state index is 13.4. The fourth-order valence-corrected chi connectivity index (χ4v) is 7.11. The molecule has 0 amide bonds. The van der Waals surface area contributed by atoms with E-state index in [2.05, 4.69) is 30.0 Å². The van der Waals surface area contributed by atoms with Gasteiger partial charge in [-0.05, 0) is 70.7 Å². The molecular formula is C41H65FN4O5. The summed E-state index contributed by atoms with van der Waals surface area (Å²) in [5.74, 6) is 0.772. The van der Waals surface area contributed by atoms with Gasteiger partial charge in [-0.1, -0.05) is 102 Å². The Labute approximate surface area is 305 Å². The van der Waals surface area contributed by atoms with E-state index >= 15 is 0 Å². The van der Waals surface area contributed by atoms with Crippen LogP contribution in [0.1, 0.15) is 158 Å². The van der Waals surface area contributed by atoms with E-state index in [0.717, 1.165) is 79.7 Å². The number of rotatable bonds is 18. The lowest BCUT2D eigenvalue weighted by molar-refractivity contribution is -0.162.